The fourth-order valence-corrected chi connectivity index (χ4v) is 5.53. The van der Waals surface area contributed by atoms with E-state index in [1.54, 1.807) is 22.7 Å². The summed E-state index contributed by atoms with van der Waals surface area (Å²) in [6.07, 6.45) is 5.11. The lowest BCUT2D eigenvalue weighted by molar-refractivity contribution is 0.410. The molecule has 33 heavy (non-hydrogen) atoms. The Balaban J connectivity index is 1.83. The van der Waals surface area contributed by atoms with E-state index >= 15 is 0 Å². The van der Waals surface area contributed by atoms with Crippen LogP contribution >= 0.6 is 12.2 Å². The van der Waals surface area contributed by atoms with Gasteiger partial charge in [0.1, 0.15) is 0 Å². The van der Waals surface area contributed by atoms with Gasteiger partial charge in [-0.15, -0.1) is 0 Å². The van der Waals surface area contributed by atoms with Gasteiger partial charge in [0.05, 0.1) is 11.1 Å². The number of aromatic nitrogens is 1. The van der Waals surface area contributed by atoms with Crippen molar-refractivity contribution in [1.82, 2.24) is 14.3 Å². The van der Waals surface area contributed by atoms with Crippen molar-refractivity contribution in [2.45, 2.75) is 38.5 Å². The third kappa shape index (κ3) is 5.98. The number of nitrogens with one attached hydrogen (secondary N) is 2. The van der Waals surface area contributed by atoms with Gasteiger partial charge in [-0.05, 0) is 67.9 Å². The molecule has 0 spiro atoms. The highest BCUT2D eigenvalue weighted by Crippen LogP contribution is 2.25. The molecule has 0 unspecified atom stereocenters. The first kappa shape index (κ1) is 24.9. The third-order valence-electron chi connectivity index (χ3n) is 5.22. The number of hydrogen-bond donors (Lipinski definition) is 2. The molecular formula is C24H31N5O2S2. The van der Waals surface area contributed by atoms with Crippen LogP contribution in [0.2, 0.25) is 0 Å². The first-order chi connectivity index (χ1) is 15.8. The number of thiocarbonyl (C=S) groups is 1. The number of sulfonamides is 1. The van der Waals surface area contributed by atoms with Crippen LogP contribution in [0.4, 0.5) is 5.69 Å². The second-order valence-electron chi connectivity index (χ2n) is 7.97. The average molecular weight is 486 g/mol. The summed E-state index contributed by atoms with van der Waals surface area (Å²) in [4.78, 5) is 0.294. The van der Waals surface area contributed by atoms with Gasteiger partial charge in [0.15, 0.2) is 5.11 Å². The molecular weight excluding hydrogens is 454 g/mol. The molecule has 1 heterocycles. The second-order valence-corrected chi connectivity index (χ2v) is 10.3. The van der Waals surface area contributed by atoms with E-state index in [0.29, 0.717) is 23.1 Å². The van der Waals surface area contributed by atoms with Gasteiger partial charge in [0.2, 0.25) is 10.0 Å². The van der Waals surface area contributed by atoms with Gasteiger partial charge in [-0.3, -0.25) is 5.43 Å². The molecule has 0 saturated heterocycles. The smallest absolute Gasteiger partial charge is 0.243 e. The summed E-state index contributed by atoms with van der Waals surface area (Å²) in [5, 5.41) is 8.54. The molecule has 3 rings (SSSR count). The summed E-state index contributed by atoms with van der Waals surface area (Å²) in [5.41, 5.74) is 6.56. The van der Waals surface area contributed by atoms with Crippen LogP contribution in [-0.2, 0) is 17.1 Å². The summed E-state index contributed by atoms with van der Waals surface area (Å²) >= 11 is 5.32. The maximum absolute atomic E-state index is 13.2. The number of anilines is 1. The molecule has 0 aliphatic rings. The van der Waals surface area contributed by atoms with Crippen molar-refractivity contribution in [3.8, 4) is 0 Å². The monoisotopic (exact) mass is 485 g/mol. The number of hydrazone groups is 1. The molecule has 0 saturated carbocycles. The number of hydrogen-bond acceptors (Lipinski definition) is 4. The molecule has 3 aromatic rings. The Morgan fingerprint density at radius 2 is 1.88 bits per heavy atom. The van der Waals surface area contributed by atoms with E-state index in [2.05, 4.69) is 15.8 Å². The largest absolute Gasteiger partial charge is 0.350 e. The highest BCUT2D eigenvalue weighted by Gasteiger charge is 2.24. The van der Waals surface area contributed by atoms with Crippen LogP contribution in [0.25, 0.3) is 10.9 Å². The quantitative estimate of drug-likeness (QED) is 0.263. The van der Waals surface area contributed by atoms with Crippen LogP contribution in [-0.4, -0.2) is 41.7 Å². The van der Waals surface area contributed by atoms with E-state index in [4.69, 9.17) is 12.2 Å². The first-order valence-electron chi connectivity index (χ1n) is 11.0. The number of benzene rings is 2. The maximum Gasteiger partial charge on any atom is 0.243 e. The summed E-state index contributed by atoms with van der Waals surface area (Å²) in [6.45, 7) is 6.99. The molecule has 9 heteroatoms. The Labute approximate surface area is 201 Å². The lowest BCUT2D eigenvalue weighted by Gasteiger charge is -2.21. The van der Waals surface area contributed by atoms with Crippen LogP contribution < -0.4 is 10.7 Å². The van der Waals surface area contributed by atoms with E-state index in [9.17, 15) is 8.42 Å². The van der Waals surface area contributed by atoms with Crippen molar-refractivity contribution in [2.24, 2.45) is 12.1 Å². The lowest BCUT2D eigenvalue weighted by Crippen LogP contribution is -2.32. The third-order valence-corrected chi connectivity index (χ3v) is 7.31. The van der Waals surface area contributed by atoms with Crippen LogP contribution in [0.15, 0.2) is 58.7 Å². The zero-order chi connectivity index (χ0) is 24.0. The first-order valence-corrected chi connectivity index (χ1v) is 12.9. The van der Waals surface area contributed by atoms with E-state index in [1.807, 2.05) is 68.9 Å². The molecule has 176 valence electrons. The van der Waals surface area contributed by atoms with E-state index in [-0.39, 0.29) is 0 Å². The highest BCUT2D eigenvalue weighted by molar-refractivity contribution is 7.89. The van der Waals surface area contributed by atoms with Crippen molar-refractivity contribution >= 4 is 50.2 Å². The SMILES string of the molecule is CCCN(CCC)S(=O)(=O)c1ccc2c(c1)c(/C=N\NC(=S)Nc1cccc(C)c1)cn2C. The zero-order valence-electron chi connectivity index (χ0n) is 19.5. The van der Waals surface area contributed by atoms with Gasteiger partial charge in [0.25, 0.3) is 0 Å². The Morgan fingerprint density at radius 1 is 1.15 bits per heavy atom. The minimum atomic E-state index is -3.56. The standard InChI is InChI=1S/C24H31N5O2S2/c1-5-12-29(13-6-2)33(30,31)21-10-11-23-22(15-21)19(17-28(23)4)16-25-27-24(32)26-20-9-7-8-18(3)14-20/h7-11,14-17H,5-6,12-13H2,1-4H3,(H2,26,27,32)/b25-16-. The van der Waals surface area contributed by atoms with Gasteiger partial charge in [-0.2, -0.15) is 9.41 Å². The fourth-order valence-electron chi connectivity index (χ4n) is 3.71. The molecule has 0 aliphatic carbocycles. The number of rotatable bonds is 9. The minimum Gasteiger partial charge on any atom is -0.350 e. The Morgan fingerprint density at radius 3 is 2.55 bits per heavy atom. The highest BCUT2D eigenvalue weighted by atomic mass is 32.2. The minimum absolute atomic E-state index is 0.294. The predicted molar refractivity (Wildman–Crippen MR) is 140 cm³/mol. The van der Waals surface area contributed by atoms with Crippen LogP contribution in [0.3, 0.4) is 0 Å². The van der Waals surface area contributed by atoms with Gasteiger partial charge in [-0.25, -0.2) is 8.42 Å². The van der Waals surface area contributed by atoms with Crippen molar-refractivity contribution in [2.75, 3.05) is 18.4 Å². The molecule has 0 amide bonds. The molecule has 0 aliphatic heterocycles. The van der Waals surface area contributed by atoms with Crippen LogP contribution in [0, 0.1) is 6.92 Å². The Bertz CT molecular complexity index is 1260. The Kier molecular flexibility index (Phi) is 8.23. The maximum atomic E-state index is 13.2. The van der Waals surface area contributed by atoms with Crippen LogP contribution in [0.5, 0.6) is 0 Å². The van der Waals surface area contributed by atoms with Gasteiger partial charge in [0, 0.05) is 48.5 Å². The average Bonchev–Trinajstić information content (AvgIpc) is 3.08. The van der Waals surface area contributed by atoms with Gasteiger partial charge >= 0.3 is 0 Å². The van der Waals surface area contributed by atoms with Crippen molar-refractivity contribution in [1.29, 1.82) is 0 Å². The van der Waals surface area contributed by atoms with E-state index < -0.39 is 10.0 Å². The predicted octanol–water partition coefficient (Wildman–Crippen LogP) is 4.62. The molecule has 0 bridgehead atoms. The second kappa shape index (κ2) is 10.9. The lowest BCUT2D eigenvalue weighted by atomic mass is 10.2. The molecule has 2 N–H and O–H groups in total. The van der Waals surface area contributed by atoms with Gasteiger partial charge < -0.3 is 9.88 Å². The molecule has 1 aromatic heterocycles. The zero-order valence-corrected chi connectivity index (χ0v) is 21.1. The molecule has 0 fully saturated rings. The topological polar surface area (TPSA) is 78.7 Å². The normalized spacial score (nSPS) is 12.0. The van der Waals surface area contributed by atoms with Crippen molar-refractivity contribution in [3.05, 3.63) is 59.8 Å². The number of aryl methyl sites for hydroxylation is 2. The molecule has 7 nitrogen and oxygen atoms in total. The summed E-state index contributed by atoms with van der Waals surface area (Å²) in [6, 6.07) is 13.1. The molecule has 2 aromatic carbocycles. The van der Waals surface area contributed by atoms with Crippen molar-refractivity contribution in [3.63, 3.8) is 0 Å². The fraction of sp³-hybridized carbons (Fsp3) is 0.333. The summed E-state index contributed by atoms with van der Waals surface area (Å²) in [5.74, 6) is 0. The van der Waals surface area contributed by atoms with E-state index in [1.165, 1.54) is 0 Å². The molecule has 0 radical (unpaired) electrons. The molecule has 0 atom stereocenters. The summed E-state index contributed by atoms with van der Waals surface area (Å²) < 4.78 is 30.0. The van der Waals surface area contributed by atoms with Crippen molar-refractivity contribution < 1.29 is 8.42 Å². The van der Waals surface area contributed by atoms with Crippen LogP contribution in [0.1, 0.15) is 37.8 Å². The Hall–Kier alpha value is -2.75. The number of fused-ring (bicyclic) bond motifs is 1. The van der Waals surface area contributed by atoms with Gasteiger partial charge in [-0.1, -0.05) is 26.0 Å². The number of nitrogens with zero attached hydrogens (tertiary/aromatic N) is 3. The summed E-state index contributed by atoms with van der Waals surface area (Å²) in [7, 11) is -1.64. The van der Waals surface area contributed by atoms with E-state index in [0.717, 1.165) is 40.6 Å².